The van der Waals surface area contributed by atoms with Crippen molar-refractivity contribution in [1.82, 2.24) is 20.1 Å². The van der Waals surface area contributed by atoms with E-state index in [1.165, 1.54) is 0 Å². The summed E-state index contributed by atoms with van der Waals surface area (Å²) in [6.45, 7) is 5.38. The zero-order valence-electron chi connectivity index (χ0n) is 12.8. The molecule has 22 heavy (non-hydrogen) atoms. The maximum absolute atomic E-state index is 6.00. The molecule has 1 aromatic heterocycles. The topological polar surface area (TPSA) is 55.2 Å². The molecule has 1 N–H and O–H groups in total. The Kier molecular flexibility index (Phi) is 4.61. The molecule has 0 amide bonds. The lowest BCUT2D eigenvalue weighted by Crippen LogP contribution is -2.50. The number of anilines is 1. The van der Waals surface area contributed by atoms with E-state index in [1.807, 2.05) is 28.8 Å². The van der Waals surface area contributed by atoms with Crippen LogP contribution in [-0.2, 0) is 11.3 Å². The Morgan fingerprint density at radius 3 is 2.77 bits per heavy atom. The second kappa shape index (κ2) is 6.64. The Balaban J connectivity index is 2.04. The van der Waals surface area contributed by atoms with E-state index in [-0.39, 0.29) is 0 Å². The van der Waals surface area contributed by atoms with Crippen molar-refractivity contribution in [2.75, 3.05) is 31.6 Å². The number of benzene rings is 1. The highest BCUT2D eigenvalue weighted by molar-refractivity contribution is 6.30. The van der Waals surface area contributed by atoms with Crippen LogP contribution in [0.4, 0.5) is 5.95 Å². The molecule has 1 aromatic carbocycles. The second-order valence-electron chi connectivity index (χ2n) is 5.41. The summed E-state index contributed by atoms with van der Waals surface area (Å²) in [6, 6.07) is 8.05. The molecule has 0 bridgehead atoms. The van der Waals surface area contributed by atoms with Gasteiger partial charge in [-0.1, -0.05) is 11.6 Å². The molecule has 2 heterocycles. The van der Waals surface area contributed by atoms with Crippen LogP contribution < -0.4 is 10.2 Å². The number of methoxy groups -OCH3 is 1. The number of aromatic nitrogens is 3. The van der Waals surface area contributed by atoms with Gasteiger partial charge in [0.2, 0.25) is 5.95 Å². The molecule has 1 fully saturated rings. The highest BCUT2D eigenvalue weighted by Gasteiger charge is 2.25. The minimum absolute atomic E-state index is 0.361. The maximum atomic E-state index is 6.00. The molecular weight excluding hydrogens is 302 g/mol. The third-order valence-corrected chi connectivity index (χ3v) is 4.08. The van der Waals surface area contributed by atoms with Crippen LogP contribution >= 0.6 is 11.6 Å². The number of nitrogens with one attached hydrogen (secondary N) is 1. The fourth-order valence-corrected chi connectivity index (χ4v) is 2.83. The number of halogens is 1. The molecule has 0 spiro atoms. The highest BCUT2D eigenvalue weighted by atomic mass is 35.5. The molecule has 1 unspecified atom stereocenters. The number of hydrogen-bond acceptors (Lipinski definition) is 5. The van der Waals surface area contributed by atoms with Gasteiger partial charge in [-0.2, -0.15) is 0 Å². The van der Waals surface area contributed by atoms with Crippen molar-refractivity contribution in [2.24, 2.45) is 0 Å². The highest BCUT2D eigenvalue weighted by Crippen LogP contribution is 2.24. The zero-order valence-corrected chi connectivity index (χ0v) is 13.5. The van der Waals surface area contributed by atoms with Crippen molar-refractivity contribution in [1.29, 1.82) is 0 Å². The summed E-state index contributed by atoms with van der Waals surface area (Å²) < 4.78 is 7.30. The molecule has 0 radical (unpaired) electrons. The number of rotatable bonds is 4. The van der Waals surface area contributed by atoms with Gasteiger partial charge >= 0.3 is 0 Å². The molecule has 118 valence electrons. The molecule has 1 saturated heterocycles. The summed E-state index contributed by atoms with van der Waals surface area (Å²) in [5.74, 6) is 1.63. The monoisotopic (exact) mass is 321 g/mol. The first kappa shape index (κ1) is 15.3. The van der Waals surface area contributed by atoms with Crippen molar-refractivity contribution in [3.63, 3.8) is 0 Å². The van der Waals surface area contributed by atoms with E-state index in [4.69, 9.17) is 16.3 Å². The summed E-state index contributed by atoms with van der Waals surface area (Å²) in [4.78, 5) is 2.28. The number of ether oxygens (including phenoxy) is 1. The van der Waals surface area contributed by atoms with Gasteiger partial charge in [0.05, 0.1) is 5.69 Å². The third-order valence-electron chi connectivity index (χ3n) is 3.83. The largest absolute Gasteiger partial charge is 0.377 e. The van der Waals surface area contributed by atoms with Crippen molar-refractivity contribution in [3.8, 4) is 5.69 Å². The molecule has 7 heteroatoms. The Hall–Kier alpha value is -1.63. The first-order valence-electron chi connectivity index (χ1n) is 7.37. The Bertz CT molecular complexity index is 627. The summed E-state index contributed by atoms with van der Waals surface area (Å²) >= 11 is 6.00. The normalized spacial score (nSPS) is 18.7. The van der Waals surface area contributed by atoms with E-state index in [0.717, 1.165) is 37.1 Å². The van der Waals surface area contributed by atoms with E-state index in [1.54, 1.807) is 7.11 Å². The fourth-order valence-electron chi connectivity index (χ4n) is 2.71. The molecule has 3 rings (SSSR count). The van der Waals surface area contributed by atoms with E-state index in [2.05, 4.69) is 27.3 Å². The van der Waals surface area contributed by atoms with Gasteiger partial charge in [-0.05, 0) is 31.2 Å². The lowest BCUT2D eigenvalue weighted by atomic mass is 10.2. The van der Waals surface area contributed by atoms with Crippen LogP contribution in [0.25, 0.3) is 5.69 Å². The van der Waals surface area contributed by atoms with Crippen LogP contribution in [0.2, 0.25) is 5.02 Å². The van der Waals surface area contributed by atoms with Crippen LogP contribution in [0, 0.1) is 0 Å². The van der Waals surface area contributed by atoms with Crippen LogP contribution in [0.5, 0.6) is 0 Å². The lowest BCUT2D eigenvalue weighted by molar-refractivity contribution is 0.176. The van der Waals surface area contributed by atoms with E-state index >= 15 is 0 Å². The first-order chi connectivity index (χ1) is 10.7. The van der Waals surface area contributed by atoms with E-state index in [9.17, 15) is 0 Å². The quantitative estimate of drug-likeness (QED) is 0.931. The standard InChI is InChI=1S/C15H20ClN5O/c1-11-9-17-7-8-20(11)15-19-18-14(10-22-2)21(15)13-5-3-12(16)4-6-13/h3-6,11,17H,7-10H2,1-2H3. The van der Waals surface area contributed by atoms with Crippen molar-refractivity contribution in [2.45, 2.75) is 19.6 Å². The van der Waals surface area contributed by atoms with Crippen LogP contribution in [0.3, 0.4) is 0 Å². The second-order valence-corrected chi connectivity index (χ2v) is 5.84. The van der Waals surface area contributed by atoms with Gasteiger partial charge < -0.3 is 15.0 Å². The molecule has 1 aliphatic heterocycles. The van der Waals surface area contributed by atoms with Gasteiger partial charge in [0.15, 0.2) is 5.82 Å². The number of nitrogens with zero attached hydrogens (tertiary/aromatic N) is 4. The Morgan fingerprint density at radius 2 is 2.09 bits per heavy atom. The summed E-state index contributed by atoms with van der Waals surface area (Å²) in [6.07, 6.45) is 0. The van der Waals surface area contributed by atoms with Crippen molar-refractivity contribution in [3.05, 3.63) is 35.1 Å². The van der Waals surface area contributed by atoms with Gasteiger partial charge in [0, 0.05) is 37.8 Å². The SMILES string of the molecule is COCc1nnc(N2CCNCC2C)n1-c1ccc(Cl)cc1. The van der Waals surface area contributed by atoms with Gasteiger partial charge in [-0.3, -0.25) is 4.57 Å². The molecular formula is C15H20ClN5O. The van der Waals surface area contributed by atoms with Crippen molar-refractivity contribution < 1.29 is 4.74 Å². The zero-order chi connectivity index (χ0) is 15.5. The Morgan fingerprint density at radius 1 is 1.32 bits per heavy atom. The van der Waals surface area contributed by atoms with Crippen LogP contribution in [0.1, 0.15) is 12.7 Å². The molecule has 2 aromatic rings. The average molecular weight is 322 g/mol. The molecule has 1 aliphatic rings. The minimum atomic E-state index is 0.361. The smallest absolute Gasteiger partial charge is 0.232 e. The molecule has 0 aliphatic carbocycles. The molecule has 0 saturated carbocycles. The minimum Gasteiger partial charge on any atom is -0.377 e. The summed E-state index contributed by atoms with van der Waals surface area (Å²) in [7, 11) is 1.66. The summed E-state index contributed by atoms with van der Waals surface area (Å²) in [5, 5.41) is 12.8. The van der Waals surface area contributed by atoms with Gasteiger partial charge in [0.1, 0.15) is 6.61 Å². The number of piperazine rings is 1. The molecule has 1 atom stereocenters. The first-order valence-corrected chi connectivity index (χ1v) is 7.75. The van der Waals surface area contributed by atoms with Crippen molar-refractivity contribution >= 4 is 17.5 Å². The molecule has 6 nitrogen and oxygen atoms in total. The van der Waals surface area contributed by atoms with Crippen LogP contribution in [-0.4, -0.2) is 47.6 Å². The van der Waals surface area contributed by atoms with Crippen LogP contribution in [0.15, 0.2) is 24.3 Å². The van der Waals surface area contributed by atoms with E-state index in [0.29, 0.717) is 17.7 Å². The van der Waals surface area contributed by atoms with Gasteiger partial charge in [-0.25, -0.2) is 0 Å². The lowest BCUT2D eigenvalue weighted by Gasteiger charge is -2.34. The maximum Gasteiger partial charge on any atom is 0.232 e. The predicted octanol–water partition coefficient (Wildman–Crippen LogP) is 1.87. The fraction of sp³-hybridized carbons (Fsp3) is 0.467. The number of hydrogen-bond donors (Lipinski definition) is 1. The Labute approximate surface area is 135 Å². The van der Waals surface area contributed by atoms with E-state index < -0.39 is 0 Å². The van der Waals surface area contributed by atoms with Gasteiger partial charge in [0.25, 0.3) is 0 Å². The average Bonchev–Trinajstić information content (AvgIpc) is 2.92. The summed E-state index contributed by atoms with van der Waals surface area (Å²) in [5.41, 5.74) is 0.988. The van der Waals surface area contributed by atoms with Gasteiger partial charge in [-0.15, -0.1) is 10.2 Å². The predicted molar refractivity (Wildman–Crippen MR) is 86.8 cm³/mol. The third kappa shape index (κ3) is 2.95.